The summed E-state index contributed by atoms with van der Waals surface area (Å²) in [6, 6.07) is -0.631. The molecule has 0 aromatic heterocycles. The van der Waals surface area contributed by atoms with Gasteiger partial charge in [-0.15, -0.1) is 0 Å². The lowest BCUT2D eigenvalue weighted by Gasteiger charge is -2.20. The summed E-state index contributed by atoms with van der Waals surface area (Å²) in [5, 5.41) is 23.3. The fourth-order valence-electron chi connectivity index (χ4n) is 11.5. The van der Waals surface area contributed by atoms with Crippen molar-refractivity contribution in [2.24, 2.45) is 0 Å². The molecule has 468 valence electrons. The van der Waals surface area contributed by atoms with E-state index in [0.29, 0.717) is 19.4 Å². The van der Waals surface area contributed by atoms with Crippen molar-refractivity contribution in [3.63, 3.8) is 0 Å². The normalized spacial score (nSPS) is 12.6. The molecule has 0 aliphatic heterocycles. The highest BCUT2D eigenvalue weighted by Crippen LogP contribution is 2.19. The molecular weight excluding hydrogens is 971 g/mol. The standard InChI is InChI=1S/C73H141NO5/c1-3-5-7-9-11-13-15-17-19-21-23-24-25-26-27-30-33-37-41-45-49-53-57-61-65-71(76)70(69-75)74-72(77)66-62-58-54-50-46-42-38-34-31-28-29-32-36-40-44-48-52-56-60-64-68-79-73(78)67-63-59-55-51-47-43-39-35-22-20-18-16-14-12-10-8-6-4-2/h20,22,61,65,70-71,75-76H,3-19,21,23-60,62-64,66-69H2,1-2H3,(H,74,77)/b22-20-,65-61+. The largest absolute Gasteiger partial charge is 0.466 e. The molecule has 0 saturated heterocycles. The van der Waals surface area contributed by atoms with Gasteiger partial charge in [0.25, 0.3) is 0 Å². The third kappa shape index (κ3) is 65.4. The minimum atomic E-state index is -0.847. The molecule has 6 heteroatoms. The van der Waals surface area contributed by atoms with Gasteiger partial charge in [-0.05, 0) is 57.8 Å². The number of rotatable bonds is 68. The van der Waals surface area contributed by atoms with Gasteiger partial charge in [0.05, 0.1) is 25.4 Å². The number of unbranched alkanes of at least 4 members (excludes halogenated alkanes) is 55. The zero-order valence-electron chi connectivity index (χ0n) is 53.6. The Kier molecular flexibility index (Phi) is 67.4. The minimum Gasteiger partial charge on any atom is -0.466 e. The van der Waals surface area contributed by atoms with Crippen molar-refractivity contribution in [2.45, 2.75) is 418 Å². The highest BCUT2D eigenvalue weighted by Gasteiger charge is 2.18. The zero-order valence-corrected chi connectivity index (χ0v) is 53.6. The quantitative estimate of drug-likeness (QED) is 0.0320. The van der Waals surface area contributed by atoms with Gasteiger partial charge in [-0.25, -0.2) is 0 Å². The van der Waals surface area contributed by atoms with Crippen molar-refractivity contribution in [3.05, 3.63) is 24.3 Å². The van der Waals surface area contributed by atoms with E-state index >= 15 is 0 Å². The number of hydrogen-bond acceptors (Lipinski definition) is 5. The molecule has 0 heterocycles. The molecule has 0 aliphatic rings. The average Bonchev–Trinajstić information content (AvgIpc) is 3.45. The van der Waals surface area contributed by atoms with Gasteiger partial charge >= 0.3 is 5.97 Å². The fourth-order valence-corrected chi connectivity index (χ4v) is 11.5. The predicted molar refractivity (Wildman–Crippen MR) is 347 cm³/mol. The van der Waals surface area contributed by atoms with Crippen LogP contribution in [-0.2, 0) is 14.3 Å². The summed E-state index contributed by atoms with van der Waals surface area (Å²) < 4.78 is 5.50. The number of hydrogen-bond donors (Lipinski definition) is 3. The first-order valence-corrected chi connectivity index (χ1v) is 36.1. The molecule has 3 N–H and O–H groups in total. The zero-order chi connectivity index (χ0) is 57.1. The number of carbonyl (C=O) groups is 2. The fraction of sp³-hybridized carbons (Fsp3) is 0.918. The van der Waals surface area contributed by atoms with Gasteiger partial charge in [0.15, 0.2) is 0 Å². The van der Waals surface area contributed by atoms with Gasteiger partial charge in [-0.3, -0.25) is 9.59 Å². The van der Waals surface area contributed by atoms with E-state index in [9.17, 15) is 19.8 Å². The summed E-state index contributed by atoms with van der Waals surface area (Å²) in [6.07, 6.45) is 86.8. The maximum Gasteiger partial charge on any atom is 0.305 e. The van der Waals surface area contributed by atoms with Gasteiger partial charge < -0.3 is 20.3 Å². The van der Waals surface area contributed by atoms with Crippen LogP contribution in [0.5, 0.6) is 0 Å². The Hall–Kier alpha value is -1.66. The van der Waals surface area contributed by atoms with E-state index in [1.54, 1.807) is 6.08 Å². The molecule has 0 aromatic carbocycles. The number of allylic oxidation sites excluding steroid dienone is 3. The Labute approximate surface area is 494 Å². The van der Waals surface area contributed by atoms with E-state index in [4.69, 9.17) is 4.74 Å². The number of amides is 1. The molecule has 2 atom stereocenters. The van der Waals surface area contributed by atoms with Gasteiger partial charge in [-0.1, -0.05) is 359 Å². The van der Waals surface area contributed by atoms with Crippen molar-refractivity contribution >= 4 is 11.9 Å². The van der Waals surface area contributed by atoms with Crippen molar-refractivity contribution in [2.75, 3.05) is 13.2 Å². The third-order valence-electron chi connectivity index (χ3n) is 17.0. The van der Waals surface area contributed by atoms with Crippen LogP contribution in [0.15, 0.2) is 24.3 Å². The van der Waals surface area contributed by atoms with E-state index in [0.717, 1.165) is 44.9 Å². The smallest absolute Gasteiger partial charge is 0.305 e. The molecule has 0 fully saturated rings. The summed E-state index contributed by atoms with van der Waals surface area (Å²) in [6.45, 7) is 4.94. The predicted octanol–water partition coefficient (Wildman–Crippen LogP) is 23.3. The lowest BCUT2D eigenvalue weighted by molar-refractivity contribution is -0.143. The molecular formula is C73H141NO5. The van der Waals surface area contributed by atoms with E-state index < -0.39 is 12.1 Å². The van der Waals surface area contributed by atoms with E-state index in [1.165, 1.54) is 334 Å². The highest BCUT2D eigenvalue weighted by molar-refractivity contribution is 5.76. The topological polar surface area (TPSA) is 95.9 Å². The SMILES string of the molecule is CCCCCCCCC/C=C\CCCCCCCCCC(=O)OCCCCCCCCCCCCCCCCCCCCCCC(=O)NC(CO)C(O)/C=C/CCCCCCCCCCCCCCCCCCCCCCCC. The molecule has 6 nitrogen and oxygen atoms in total. The maximum absolute atomic E-state index is 12.5. The highest BCUT2D eigenvalue weighted by atomic mass is 16.5. The Bertz CT molecular complexity index is 1230. The second-order valence-electron chi connectivity index (χ2n) is 24.9. The number of esters is 1. The van der Waals surface area contributed by atoms with Gasteiger partial charge in [0.1, 0.15) is 0 Å². The number of aliphatic hydroxyl groups excluding tert-OH is 2. The first-order valence-electron chi connectivity index (χ1n) is 36.1. The third-order valence-corrected chi connectivity index (χ3v) is 17.0. The van der Waals surface area contributed by atoms with Crippen LogP contribution in [0.2, 0.25) is 0 Å². The first-order chi connectivity index (χ1) is 39.0. The molecule has 79 heavy (non-hydrogen) atoms. The molecule has 0 saturated carbocycles. The van der Waals surface area contributed by atoms with Crippen LogP contribution in [0.3, 0.4) is 0 Å². The molecule has 0 aliphatic carbocycles. The van der Waals surface area contributed by atoms with E-state index in [-0.39, 0.29) is 18.5 Å². The number of aliphatic hydroxyl groups is 2. The van der Waals surface area contributed by atoms with Crippen LogP contribution in [0.4, 0.5) is 0 Å². The molecule has 0 radical (unpaired) electrons. The summed E-state index contributed by atoms with van der Waals surface area (Å²) in [5.41, 5.74) is 0. The Morgan fingerprint density at radius 1 is 0.342 bits per heavy atom. The van der Waals surface area contributed by atoms with Crippen molar-refractivity contribution in [3.8, 4) is 0 Å². The van der Waals surface area contributed by atoms with Crippen LogP contribution < -0.4 is 5.32 Å². The second kappa shape index (κ2) is 68.8. The molecule has 0 rings (SSSR count). The van der Waals surface area contributed by atoms with Gasteiger partial charge in [-0.2, -0.15) is 0 Å². The number of carbonyl (C=O) groups excluding carboxylic acids is 2. The molecule has 2 unspecified atom stereocenters. The van der Waals surface area contributed by atoms with E-state index in [2.05, 4.69) is 31.3 Å². The molecule has 0 spiro atoms. The van der Waals surface area contributed by atoms with Crippen LogP contribution in [0.25, 0.3) is 0 Å². The lowest BCUT2D eigenvalue weighted by Crippen LogP contribution is -2.45. The van der Waals surface area contributed by atoms with Gasteiger partial charge in [0, 0.05) is 12.8 Å². The van der Waals surface area contributed by atoms with Crippen molar-refractivity contribution in [1.29, 1.82) is 0 Å². The summed E-state index contributed by atoms with van der Waals surface area (Å²) in [4.78, 5) is 24.6. The Morgan fingerprint density at radius 2 is 0.595 bits per heavy atom. The minimum absolute atomic E-state index is 0.00816. The van der Waals surface area contributed by atoms with Crippen LogP contribution >= 0.6 is 0 Å². The van der Waals surface area contributed by atoms with E-state index in [1.807, 2.05) is 6.08 Å². The first kappa shape index (κ1) is 77.3. The van der Waals surface area contributed by atoms with Crippen LogP contribution in [0, 0.1) is 0 Å². The summed E-state index contributed by atoms with van der Waals surface area (Å²) >= 11 is 0. The van der Waals surface area contributed by atoms with Crippen LogP contribution in [-0.4, -0.2) is 47.4 Å². The van der Waals surface area contributed by atoms with Crippen molar-refractivity contribution < 1.29 is 24.5 Å². The monoisotopic (exact) mass is 1110 g/mol. The average molecular weight is 1110 g/mol. The number of nitrogens with one attached hydrogen (secondary N) is 1. The number of ether oxygens (including phenoxy) is 1. The maximum atomic E-state index is 12.5. The Morgan fingerprint density at radius 3 is 0.899 bits per heavy atom. The summed E-state index contributed by atoms with van der Waals surface area (Å²) in [7, 11) is 0. The Balaban J connectivity index is 3.41. The lowest BCUT2D eigenvalue weighted by atomic mass is 10.0. The van der Waals surface area contributed by atoms with Crippen molar-refractivity contribution in [1.82, 2.24) is 5.32 Å². The second-order valence-corrected chi connectivity index (χ2v) is 24.9. The molecule has 0 bridgehead atoms. The van der Waals surface area contributed by atoms with Crippen LogP contribution in [0.1, 0.15) is 406 Å². The molecule has 1 amide bonds. The molecule has 0 aromatic rings. The van der Waals surface area contributed by atoms with Gasteiger partial charge in [0.2, 0.25) is 5.91 Å². The summed E-state index contributed by atoms with van der Waals surface area (Å²) in [5.74, 6) is -0.0571.